The molecule has 30 aromatic rings. The quantitative estimate of drug-likeness (QED) is 0.141. The maximum absolute atomic E-state index is 6.05. The lowest BCUT2D eigenvalue weighted by atomic mass is 9.99. The smallest absolute Gasteiger partial charge is 0.136 e. The molecule has 6 heterocycles. The molecule has 6 nitrogen and oxygen atoms in total. The molecule has 0 aliphatic heterocycles. The first-order chi connectivity index (χ1) is 64.8. The standard InChI is InChI=1S/6C21H14O/c6*1-13-6-8-17-20(10-13)22-19-9-7-16-11-14-4-2-3-5-15(14)12-18(16)21(17)19/h6*2-12H,1H3. The van der Waals surface area contributed by atoms with E-state index in [9.17, 15) is 0 Å². The van der Waals surface area contributed by atoms with E-state index in [1.54, 1.807) is 0 Å². The van der Waals surface area contributed by atoms with E-state index >= 15 is 0 Å². The summed E-state index contributed by atoms with van der Waals surface area (Å²) in [5.41, 5.74) is 18.9. The average Bonchev–Trinajstić information content (AvgIpc) is 1.59. The molecule has 0 saturated carbocycles. The summed E-state index contributed by atoms with van der Waals surface area (Å²) in [5, 5.41) is 44.9. The van der Waals surface area contributed by atoms with Gasteiger partial charge < -0.3 is 26.5 Å². The highest BCUT2D eigenvalue weighted by Crippen LogP contribution is 2.45. The van der Waals surface area contributed by atoms with E-state index in [-0.39, 0.29) is 0 Å². The molecule has 0 aliphatic rings. The van der Waals surface area contributed by atoms with E-state index in [1.807, 2.05) is 0 Å². The molecule has 0 radical (unpaired) electrons. The number of fused-ring (bicyclic) bond motifs is 36. The first-order valence-electron chi connectivity index (χ1n) is 45.2. The van der Waals surface area contributed by atoms with Crippen LogP contribution < -0.4 is 0 Å². The molecule has 0 fully saturated rings. The number of rotatable bonds is 0. The number of hydrogen-bond donors (Lipinski definition) is 0. The van der Waals surface area contributed by atoms with Crippen LogP contribution in [0.1, 0.15) is 33.4 Å². The van der Waals surface area contributed by atoms with Gasteiger partial charge in [0.05, 0.1) is 0 Å². The van der Waals surface area contributed by atoms with Crippen molar-refractivity contribution in [1.29, 1.82) is 0 Å². The molecule has 6 aromatic heterocycles. The lowest BCUT2D eigenvalue weighted by Crippen LogP contribution is -1.78. The first-order valence-corrected chi connectivity index (χ1v) is 45.2. The zero-order valence-corrected chi connectivity index (χ0v) is 73.6. The minimum atomic E-state index is 0.961. The predicted molar refractivity (Wildman–Crippen MR) is 561 cm³/mol. The summed E-state index contributed by atoms with van der Waals surface area (Å²) in [4.78, 5) is 0. The van der Waals surface area contributed by atoms with Crippen LogP contribution >= 0.6 is 0 Å². The van der Waals surface area contributed by atoms with Crippen molar-refractivity contribution in [3.8, 4) is 0 Å². The second-order valence-corrected chi connectivity index (χ2v) is 35.8. The van der Waals surface area contributed by atoms with Gasteiger partial charge in [0.1, 0.15) is 67.0 Å². The first kappa shape index (κ1) is 77.5. The van der Waals surface area contributed by atoms with Crippen LogP contribution in [0.3, 0.4) is 0 Å². The van der Waals surface area contributed by atoms with Crippen molar-refractivity contribution in [3.63, 3.8) is 0 Å². The Morgan fingerprint density at radius 3 is 0.386 bits per heavy atom. The Morgan fingerprint density at radius 2 is 0.242 bits per heavy atom. The van der Waals surface area contributed by atoms with E-state index in [4.69, 9.17) is 26.5 Å². The Bertz CT molecular complexity index is 8550. The summed E-state index contributed by atoms with van der Waals surface area (Å²) in [6, 6.07) is 142. The van der Waals surface area contributed by atoms with Crippen molar-refractivity contribution in [2.45, 2.75) is 41.5 Å². The van der Waals surface area contributed by atoms with Crippen LogP contribution in [0.5, 0.6) is 0 Å². The maximum Gasteiger partial charge on any atom is 0.136 e. The fraction of sp³-hybridized carbons (Fsp3) is 0.0476. The van der Waals surface area contributed by atoms with Gasteiger partial charge in [-0.3, -0.25) is 0 Å². The summed E-state index contributed by atoms with van der Waals surface area (Å²) in [6.07, 6.45) is 0. The Kier molecular flexibility index (Phi) is 18.2. The molecule has 624 valence electrons. The van der Waals surface area contributed by atoms with Crippen LogP contribution in [0.15, 0.2) is 427 Å². The van der Waals surface area contributed by atoms with Crippen LogP contribution in [0, 0.1) is 41.5 Å². The number of benzene rings is 24. The molecule has 0 N–H and O–H groups in total. The normalized spacial score (nSPS) is 11.9. The molecule has 0 atom stereocenters. The van der Waals surface area contributed by atoms with Gasteiger partial charge in [-0.1, -0.05) is 255 Å². The predicted octanol–water partition coefficient (Wildman–Crippen LogP) is 37.2. The monoisotopic (exact) mass is 1690 g/mol. The van der Waals surface area contributed by atoms with Gasteiger partial charge in [0, 0.05) is 64.6 Å². The summed E-state index contributed by atoms with van der Waals surface area (Å²) < 4.78 is 36.3. The maximum atomic E-state index is 6.05. The van der Waals surface area contributed by atoms with Gasteiger partial charge in [-0.05, 0) is 350 Å². The molecule has 30 rings (SSSR count). The van der Waals surface area contributed by atoms with E-state index in [2.05, 4.69) is 442 Å². The minimum Gasteiger partial charge on any atom is -0.456 e. The number of furan rings is 6. The highest BCUT2D eigenvalue weighted by Gasteiger charge is 2.20. The second kappa shape index (κ2) is 31.0. The highest BCUT2D eigenvalue weighted by atomic mass is 16.3. The van der Waals surface area contributed by atoms with Crippen molar-refractivity contribution in [1.82, 2.24) is 0 Å². The minimum absolute atomic E-state index is 0.961. The lowest BCUT2D eigenvalue weighted by molar-refractivity contribution is 0.668. The highest BCUT2D eigenvalue weighted by molar-refractivity contribution is 6.27. The van der Waals surface area contributed by atoms with Crippen LogP contribution in [0.2, 0.25) is 0 Å². The van der Waals surface area contributed by atoms with Gasteiger partial charge in [-0.15, -0.1) is 0 Å². The van der Waals surface area contributed by atoms with Gasteiger partial charge >= 0.3 is 0 Å². The molecular formula is C126H84O6. The third-order valence-electron chi connectivity index (χ3n) is 26.8. The largest absolute Gasteiger partial charge is 0.456 e. The molecular weight excluding hydrogens is 1610 g/mol. The van der Waals surface area contributed by atoms with Crippen molar-refractivity contribution >= 4 is 261 Å². The van der Waals surface area contributed by atoms with Gasteiger partial charge in [0.25, 0.3) is 0 Å². The van der Waals surface area contributed by atoms with Crippen LogP contribution in [-0.4, -0.2) is 0 Å². The van der Waals surface area contributed by atoms with Gasteiger partial charge in [0.15, 0.2) is 0 Å². The van der Waals surface area contributed by atoms with E-state index in [0.717, 1.165) is 67.0 Å². The van der Waals surface area contributed by atoms with Crippen molar-refractivity contribution in [3.05, 3.63) is 434 Å². The molecule has 0 amide bonds. The van der Waals surface area contributed by atoms with Crippen molar-refractivity contribution in [2.24, 2.45) is 0 Å². The average molecular weight is 1690 g/mol. The molecule has 0 bridgehead atoms. The van der Waals surface area contributed by atoms with Gasteiger partial charge in [-0.2, -0.15) is 0 Å². The van der Waals surface area contributed by atoms with Crippen LogP contribution in [-0.2, 0) is 0 Å². The van der Waals surface area contributed by atoms with E-state index < -0.39 is 0 Å². The third-order valence-corrected chi connectivity index (χ3v) is 26.8. The summed E-state index contributed by atoms with van der Waals surface area (Å²) in [7, 11) is 0. The molecule has 24 aromatic carbocycles. The summed E-state index contributed by atoms with van der Waals surface area (Å²) in [6.45, 7) is 12.6. The van der Waals surface area contributed by atoms with E-state index in [1.165, 1.54) is 227 Å². The topological polar surface area (TPSA) is 78.8 Å². The Hall–Kier alpha value is -16.8. The zero-order valence-electron chi connectivity index (χ0n) is 73.6. The Balaban J connectivity index is 0.0000000851. The van der Waals surface area contributed by atoms with Crippen LogP contribution in [0.25, 0.3) is 261 Å². The molecule has 132 heavy (non-hydrogen) atoms. The summed E-state index contributed by atoms with van der Waals surface area (Å²) in [5.74, 6) is 0. The zero-order chi connectivity index (χ0) is 88.1. The fourth-order valence-corrected chi connectivity index (χ4v) is 20.4. The Morgan fingerprint density at radius 1 is 0.106 bits per heavy atom. The molecule has 6 heteroatoms. The number of aryl methyl sites for hydroxylation is 6. The second-order valence-electron chi connectivity index (χ2n) is 35.8. The van der Waals surface area contributed by atoms with Crippen molar-refractivity contribution < 1.29 is 26.5 Å². The van der Waals surface area contributed by atoms with Gasteiger partial charge in [-0.25, -0.2) is 0 Å². The van der Waals surface area contributed by atoms with Crippen molar-refractivity contribution in [2.75, 3.05) is 0 Å². The lowest BCUT2D eigenvalue weighted by Gasteiger charge is -2.03. The SMILES string of the molecule is Cc1ccc2c(c1)oc1ccc3cc4ccccc4cc3c12.Cc1ccc2c(c1)oc1ccc3cc4ccccc4cc3c12.Cc1ccc2c(c1)oc1ccc3cc4ccccc4cc3c12.Cc1ccc2c(c1)oc1ccc3cc4ccccc4cc3c12.Cc1ccc2c(c1)oc1ccc3cc4ccccc4cc3c12.Cc1ccc2c(c1)oc1ccc3cc4ccccc4cc3c12. The molecule has 0 aliphatic carbocycles. The third kappa shape index (κ3) is 13.5. The Labute approximate surface area is 757 Å². The van der Waals surface area contributed by atoms with Crippen LogP contribution in [0.4, 0.5) is 0 Å². The molecule has 0 unspecified atom stereocenters. The molecule has 0 saturated heterocycles. The number of hydrogen-bond acceptors (Lipinski definition) is 6. The van der Waals surface area contributed by atoms with E-state index in [0.29, 0.717) is 0 Å². The fourth-order valence-electron chi connectivity index (χ4n) is 20.4. The molecule has 0 spiro atoms. The van der Waals surface area contributed by atoms with Gasteiger partial charge in [0.2, 0.25) is 0 Å². The summed E-state index contributed by atoms with van der Waals surface area (Å²) >= 11 is 0.